The van der Waals surface area contributed by atoms with Gasteiger partial charge in [0, 0.05) is 36.3 Å². The van der Waals surface area contributed by atoms with Crippen LogP contribution in [0.4, 0.5) is 10.1 Å². The molecule has 1 unspecified atom stereocenters. The number of esters is 1. The Morgan fingerprint density at radius 1 is 1.00 bits per heavy atom. The van der Waals surface area contributed by atoms with Gasteiger partial charge < -0.3 is 14.6 Å². The molecular weight excluding hydrogens is 503 g/mol. The number of carbonyl (C=O) groups excluding carboxylic acids is 2. The summed E-state index contributed by atoms with van der Waals surface area (Å²) in [6.45, 7) is 4.94. The Morgan fingerprint density at radius 2 is 1.68 bits per heavy atom. The van der Waals surface area contributed by atoms with Gasteiger partial charge in [0.25, 0.3) is 5.91 Å². The molecule has 1 aliphatic carbocycles. The van der Waals surface area contributed by atoms with E-state index in [9.17, 15) is 14.0 Å². The van der Waals surface area contributed by atoms with E-state index in [1.165, 1.54) is 7.11 Å². The van der Waals surface area contributed by atoms with Gasteiger partial charge in [-0.1, -0.05) is 87.4 Å². The number of unbranched alkanes of at least 4 members (excludes halogenated alkanes) is 3. The number of rotatable bonds is 12. The molecule has 2 aromatic carbocycles. The first kappa shape index (κ1) is 29.1. The van der Waals surface area contributed by atoms with E-state index in [-0.39, 0.29) is 17.8 Å². The summed E-state index contributed by atoms with van der Waals surface area (Å²) in [5.41, 5.74) is 6.06. The summed E-state index contributed by atoms with van der Waals surface area (Å²) in [4.78, 5) is 25.6. The van der Waals surface area contributed by atoms with Gasteiger partial charge in [-0.15, -0.1) is 0 Å². The Hall–Kier alpha value is -3.93. The van der Waals surface area contributed by atoms with E-state index in [0.29, 0.717) is 24.9 Å². The van der Waals surface area contributed by atoms with Crippen LogP contribution in [0.15, 0.2) is 78.9 Å². The predicted molar refractivity (Wildman–Crippen MR) is 160 cm³/mol. The zero-order valence-corrected chi connectivity index (χ0v) is 23.7. The molecule has 1 atom stereocenters. The fourth-order valence-electron chi connectivity index (χ4n) is 5.37. The van der Waals surface area contributed by atoms with Crippen LogP contribution in [-0.2, 0) is 16.1 Å². The average Bonchev–Trinajstić information content (AvgIpc) is 3.31. The maximum atomic E-state index is 14.1. The number of carbonyl (C=O) groups is 2. The van der Waals surface area contributed by atoms with Gasteiger partial charge in [-0.25, -0.2) is 4.39 Å². The van der Waals surface area contributed by atoms with E-state index in [4.69, 9.17) is 4.74 Å². The summed E-state index contributed by atoms with van der Waals surface area (Å²) >= 11 is 0. The predicted octanol–water partition coefficient (Wildman–Crippen LogP) is 8.34. The van der Waals surface area contributed by atoms with Crippen LogP contribution in [-0.4, -0.2) is 29.7 Å². The van der Waals surface area contributed by atoms with Crippen molar-refractivity contribution in [1.29, 1.82) is 0 Å². The molecule has 3 aromatic rings. The number of para-hydroxylation sites is 1. The second-order valence-electron chi connectivity index (χ2n) is 10.5. The van der Waals surface area contributed by atoms with Crippen LogP contribution >= 0.6 is 0 Å². The van der Waals surface area contributed by atoms with Crippen molar-refractivity contribution in [2.75, 3.05) is 12.4 Å². The van der Waals surface area contributed by atoms with Gasteiger partial charge in [0.15, 0.2) is 0 Å². The molecule has 210 valence electrons. The van der Waals surface area contributed by atoms with Gasteiger partial charge in [-0.3, -0.25) is 9.59 Å². The van der Waals surface area contributed by atoms with Gasteiger partial charge in [0.1, 0.15) is 6.17 Å². The van der Waals surface area contributed by atoms with Crippen molar-refractivity contribution in [2.24, 2.45) is 0 Å². The number of methoxy groups -OCH3 is 1. The molecular formula is C34H39FN2O3. The second kappa shape index (κ2) is 13.9. The summed E-state index contributed by atoms with van der Waals surface area (Å²) in [5.74, 6) is -0.275. The number of ether oxygens (including phenoxy) is 1. The number of allylic oxidation sites excluding steroid dienone is 4. The van der Waals surface area contributed by atoms with Crippen molar-refractivity contribution < 1.29 is 18.7 Å². The van der Waals surface area contributed by atoms with Gasteiger partial charge in [-0.2, -0.15) is 0 Å². The highest BCUT2D eigenvalue weighted by Crippen LogP contribution is 2.42. The summed E-state index contributed by atoms with van der Waals surface area (Å²) in [7, 11) is 1.42. The minimum Gasteiger partial charge on any atom is -0.469 e. The number of aromatic nitrogens is 1. The molecule has 6 heteroatoms. The number of hydrogen-bond acceptors (Lipinski definition) is 3. The summed E-state index contributed by atoms with van der Waals surface area (Å²) in [5, 5.41) is 3.12. The number of nitrogens with one attached hydrogen (secondary N) is 1. The molecule has 4 rings (SSSR count). The lowest BCUT2D eigenvalue weighted by Crippen LogP contribution is -2.16. The third-order valence-corrected chi connectivity index (χ3v) is 7.23. The first-order chi connectivity index (χ1) is 19.4. The normalized spacial score (nSPS) is 14.7. The highest BCUT2D eigenvalue weighted by molar-refractivity contribution is 6.12. The molecule has 0 aliphatic heterocycles. The highest BCUT2D eigenvalue weighted by atomic mass is 19.1. The molecule has 0 fully saturated rings. The molecule has 1 N–H and O–H groups in total. The van der Waals surface area contributed by atoms with Crippen molar-refractivity contribution >= 4 is 23.1 Å². The summed E-state index contributed by atoms with van der Waals surface area (Å²) in [6.07, 6.45) is 8.66. The van der Waals surface area contributed by atoms with Crippen molar-refractivity contribution in [1.82, 2.24) is 4.57 Å². The number of amides is 1. The van der Waals surface area contributed by atoms with E-state index < -0.39 is 6.17 Å². The monoisotopic (exact) mass is 542 g/mol. The van der Waals surface area contributed by atoms with Crippen molar-refractivity contribution in [3.8, 4) is 11.1 Å². The molecule has 5 nitrogen and oxygen atoms in total. The lowest BCUT2D eigenvalue weighted by atomic mass is 9.92. The third kappa shape index (κ3) is 6.98. The molecule has 40 heavy (non-hydrogen) atoms. The Kier molecular flexibility index (Phi) is 10.1. The first-order valence-corrected chi connectivity index (χ1v) is 14.2. The average molecular weight is 543 g/mol. The van der Waals surface area contributed by atoms with Crippen LogP contribution in [0.2, 0.25) is 0 Å². The van der Waals surface area contributed by atoms with E-state index in [2.05, 4.69) is 23.7 Å². The van der Waals surface area contributed by atoms with E-state index in [0.717, 1.165) is 59.5 Å². The van der Waals surface area contributed by atoms with E-state index in [1.807, 2.05) is 72.8 Å². The standard InChI is InChI=1S/C34H39FN2O3/c1-24(2)32-31(34(39)36-28-16-10-7-11-17-28)30(25-14-8-6-9-15-25)33(26-19-21-27(35)22-20-26)37(32)23-13-5-4-12-18-29(38)40-3/h6-11,14-17,19-21,24,27H,4-5,12-13,18,22-23H2,1-3H3,(H,36,39). The summed E-state index contributed by atoms with van der Waals surface area (Å²) in [6, 6.07) is 19.5. The fourth-order valence-corrected chi connectivity index (χ4v) is 5.37. The van der Waals surface area contributed by atoms with E-state index >= 15 is 0 Å². The number of alkyl halides is 1. The zero-order chi connectivity index (χ0) is 28.5. The second-order valence-corrected chi connectivity index (χ2v) is 10.5. The van der Waals surface area contributed by atoms with Crippen LogP contribution in [0.3, 0.4) is 0 Å². The topological polar surface area (TPSA) is 60.3 Å². The smallest absolute Gasteiger partial charge is 0.305 e. The van der Waals surface area contributed by atoms with Gasteiger partial charge in [-0.05, 0) is 48.1 Å². The largest absolute Gasteiger partial charge is 0.469 e. The van der Waals surface area contributed by atoms with Crippen LogP contribution in [0.25, 0.3) is 16.7 Å². The zero-order valence-electron chi connectivity index (χ0n) is 23.7. The van der Waals surface area contributed by atoms with E-state index in [1.54, 1.807) is 6.08 Å². The number of hydrogen-bond donors (Lipinski definition) is 1. The van der Waals surface area contributed by atoms with Crippen LogP contribution in [0.1, 0.15) is 80.0 Å². The van der Waals surface area contributed by atoms with Crippen LogP contribution < -0.4 is 5.32 Å². The number of anilines is 1. The highest BCUT2D eigenvalue weighted by Gasteiger charge is 2.31. The Bertz CT molecular complexity index is 1360. The maximum absolute atomic E-state index is 14.1. The molecule has 1 aromatic heterocycles. The maximum Gasteiger partial charge on any atom is 0.305 e. The molecule has 0 saturated carbocycles. The Balaban J connectivity index is 1.81. The minimum atomic E-state index is -1.01. The Labute approximate surface area is 236 Å². The molecule has 1 aliphatic rings. The van der Waals surface area contributed by atoms with Crippen LogP contribution in [0, 0.1) is 0 Å². The van der Waals surface area contributed by atoms with Crippen molar-refractivity contribution in [3.63, 3.8) is 0 Å². The van der Waals surface area contributed by atoms with Gasteiger partial charge in [0.05, 0.1) is 18.4 Å². The summed E-state index contributed by atoms with van der Waals surface area (Å²) < 4.78 is 21.2. The fraction of sp³-hybridized carbons (Fsp3) is 0.353. The SMILES string of the molecule is COC(=O)CCCCCCn1c(C2=CCC(F)C=C2)c(-c2ccccc2)c(C(=O)Nc2ccccc2)c1C(C)C. The minimum absolute atomic E-state index is 0.0640. The first-order valence-electron chi connectivity index (χ1n) is 14.2. The van der Waals surface area contributed by atoms with Gasteiger partial charge in [0.2, 0.25) is 0 Å². The van der Waals surface area contributed by atoms with Crippen LogP contribution in [0.5, 0.6) is 0 Å². The molecule has 0 radical (unpaired) electrons. The number of benzene rings is 2. The van der Waals surface area contributed by atoms with Gasteiger partial charge >= 0.3 is 5.97 Å². The molecule has 1 amide bonds. The molecule has 0 spiro atoms. The van der Waals surface area contributed by atoms with Crippen molar-refractivity contribution in [3.05, 3.63) is 95.8 Å². The molecule has 0 bridgehead atoms. The lowest BCUT2D eigenvalue weighted by Gasteiger charge is -2.19. The number of halogens is 1. The quantitative estimate of drug-likeness (QED) is 0.185. The Morgan fingerprint density at radius 3 is 2.30 bits per heavy atom. The lowest BCUT2D eigenvalue weighted by molar-refractivity contribution is -0.140. The number of nitrogens with zero attached hydrogens (tertiary/aromatic N) is 1. The van der Waals surface area contributed by atoms with Crippen molar-refractivity contribution in [2.45, 2.75) is 71.0 Å². The third-order valence-electron chi connectivity index (χ3n) is 7.23. The molecule has 0 saturated heterocycles. The molecule has 1 heterocycles.